The van der Waals surface area contributed by atoms with Gasteiger partial charge in [0.15, 0.2) is 0 Å². The summed E-state index contributed by atoms with van der Waals surface area (Å²) in [6, 6.07) is 9.89. The number of nitrogens with one attached hydrogen (secondary N) is 1. The van der Waals surface area contributed by atoms with Gasteiger partial charge in [-0.2, -0.15) is 0 Å². The van der Waals surface area contributed by atoms with Crippen LogP contribution in [0.3, 0.4) is 0 Å². The molecule has 2 aromatic carbocycles. The van der Waals surface area contributed by atoms with Crippen LogP contribution >= 0.6 is 0 Å². The number of ether oxygens (including phenoxy) is 1. The number of nitrogens with two attached hydrogens (primary N) is 1. The smallest absolute Gasteiger partial charge is 0.254 e. The Balaban J connectivity index is 1.23. The molecule has 10 heteroatoms. The van der Waals surface area contributed by atoms with E-state index >= 15 is 0 Å². The topological polar surface area (TPSA) is 108 Å². The molecule has 238 valence electrons. The molecule has 2 aliphatic heterocycles. The molecule has 1 saturated carbocycles. The van der Waals surface area contributed by atoms with Crippen molar-refractivity contribution in [3.8, 4) is 5.75 Å². The van der Waals surface area contributed by atoms with Crippen molar-refractivity contribution in [3.63, 3.8) is 0 Å². The Morgan fingerprint density at radius 2 is 1.64 bits per heavy atom. The maximum Gasteiger partial charge on any atom is 0.254 e. The van der Waals surface area contributed by atoms with Crippen molar-refractivity contribution in [1.29, 1.82) is 0 Å². The highest BCUT2D eigenvalue weighted by atomic mass is 19.1. The predicted octanol–water partition coefficient (Wildman–Crippen LogP) is 4.30. The molecule has 1 atom stereocenters. The molecular weight excluding hydrogens is 561 g/mol. The first-order valence-electron chi connectivity index (χ1n) is 16.2. The van der Waals surface area contributed by atoms with Crippen LogP contribution in [0.1, 0.15) is 90.0 Å². The molecule has 0 bridgehead atoms. The van der Waals surface area contributed by atoms with Gasteiger partial charge in [0, 0.05) is 63.0 Å². The van der Waals surface area contributed by atoms with Gasteiger partial charge in [0.1, 0.15) is 17.7 Å². The maximum absolute atomic E-state index is 14.6. The van der Waals surface area contributed by atoms with Gasteiger partial charge in [-0.1, -0.05) is 19.3 Å². The molecular formula is C34H46FN5O4. The summed E-state index contributed by atoms with van der Waals surface area (Å²) in [6.07, 6.45) is 8.68. The van der Waals surface area contributed by atoms with E-state index < -0.39 is 5.82 Å². The number of unbranched alkanes of at least 4 members (excludes halogenated alkanes) is 1. The van der Waals surface area contributed by atoms with Gasteiger partial charge in [0.2, 0.25) is 5.91 Å². The summed E-state index contributed by atoms with van der Waals surface area (Å²) in [4.78, 5) is 44.4. The van der Waals surface area contributed by atoms with E-state index in [1.54, 1.807) is 22.9 Å². The van der Waals surface area contributed by atoms with Gasteiger partial charge in [0.05, 0.1) is 0 Å². The lowest BCUT2D eigenvalue weighted by Gasteiger charge is -2.35. The zero-order chi connectivity index (χ0) is 31.1. The lowest BCUT2D eigenvalue weighted by atomic mass is 9.83. The van der Waals surface area contributed by atoms with Crippen molar-refractivity contribution < 1.29 is 23.5 Å². The minimum atomic E-state index is -0.577. The lowest BCUT2D eigenvalue weighted by Crippen LogP contribution is -2.50. The number of rotatable bonds is 10. The fourth-order valence-corrected chi connectivity index (χ4v) is 6.53. The van der Waals surface area contributed by atoms with Gasteiger partial charge >= 0.3 is 0 Å². The van der Waals surface area contributed by atoms with E-state index in [0.717, 1.165) is 50.1 Å². The fourth-order valence-electron chi connectivity index (χ4n) is 6.53. The molecule has 0 radical (unpaired) electrons. The largest absolute Gasteiger partial charge is 0.489 e. The van der Waals surface area contributed by atoms with E-state index in [9.17, 15) is 18.8 Å². The molecule has 5 rings (SSSR count). The number of benzene rings is 2. The van der Waals surface area contributed by atoms with E-state index in [1.807, 2.05) is 18.2 Å². The fraction of sp³-hybridized carbons (Fsp3) is 0.559. The van der Waals surface area contributed by atoms with Crippen molar-refractivity contribution in [2.45, 2.75) is 69.8 Å². The van der Waals surface area contributed by atoms with E-state index in [4.69, 9.17) is 10.5 Å². The van der Waals surface area contributed by atoms with Crippen molar-refractivity contribution >= 4 is 23.4 Å². The first kappa shape index (κ1) is 31.9. The lowest BCUT2D eigenvalue weighted by molar-refractivity contribution is -0.118. The molecule has 3 fully saturated rings. The second-order valence-electron chi connectivity index (χ2n) is 12.3. The standard InChI is InChI=1S/C34H46FN5O4/c1-38(32(41)9-5-6-13-36)28-20-26(19-27(35)22-28)34(43)40-17-15-39(16-18-40)33(42)25-10-11-31(44-29-12-14-37-23-29)30(21-25)24-7-3-2-4-8-24/h10-11,19-22,24,29,37H,2-9,12-18,23,36H2,1H3/t29-/m0/s1. The van der Waals surface area contributed by atoms with Crippen LogP contribution in [-0.2, 0) is 4.79 Å². The van der Waals surface area contributed by atoms with Crippen LogP contribution in [0.5, 0.6) is 5.75 Å². The number of carbonyl (C=O) groups is 3. The molecule has 3 amide bonds. The summed E-state index contributed by atoms with van der Waals surface area (Å²) >= 11 is 0. The van der Waals surface area contributed by atoms with Crippen LogP contribution in [0, 0.1) is 5.82 Å². The van der Waals surface area contributed by atoms with Crippen LogP contribution in [-0.4, -0.2) is 86.5 Å². The summed E-state index contributed by atoms with van der Waals surface area (Å²) in [6.45, 7) is 3.77. The van der Waals surface area contributed by atoms with Crippen LogP contribution in [0.4, 0.5) is 10.1 Å². The van der Waals surface area contributed by atoms with Gasteiger partial charge in [-0.25, -0.2) is 4.39 Å². The minimum Gasteiger partial charge on any atom is -0.489 e. The zero-order valence-electron chi connectivity index (χ0n) is 25.9. The normalized spacial score (nSPS) is 19.2. The van der Waals surface area contributed by atoms with E-state index in [2.05, 4.69) is 5.32 Å². The Bertz CT molecular complexity index is 1320. The van der Waals surface area contributed by atoms with Gasteiger partial charge in [-0.15, -0.1) is 0 Å². The molecule has 2 saturated heterocycles. The first-order valence-corrected chi connectivity index (χ1v) is 16.2. The third kappa shape index (κ3) is 7.77. The summed E-state index contributed by atoms with van der Waals surface area (Å²) in [7, 11) is 1.59. The van der Waals surface area contributed by atoms with Crippen molar-refractivity contribution in [2.75, 3.05) is 57.8 Å². The number of halogens is 1. The maximum atomic E-state index is 14.6. The molecule has 9 nitrogen and oxygen atoms in total. The van der Waals surface area contributed by atoms with Crippen LogP contribution < -0.4 is 20.7 Å². The molecule has 0 spiro atoms. The van der Waals surface area contributed by atoms with Crippen molar-refractivity contribution in [2.24, 2.45) is 5.73 Å². The average molecular weight is 608 g/mol. The van der Waals surface area contributed by atoms with Gasteiger partial charge in [0.25, 0.3) is 11.8 Å². The molecule has 2 heterocycles. The minimum absolute atomic E-state index is 0.0499. The van der Waals surface area contributed by atoms with E-state index in [-0.39, 0.29) is 29.4 Å². The first-order chi connectivity index (χ1) is 21.3. The van der Waals surface area contributed by atoms with E-state index in [0.29, 0.717) is 62.7 Å². The number of amides is 3. The number of hydrogen-bond acceptors (Lipinski definition) is 6. The molecule has 2 aromatic rings. The Morgan fingerprint density at radius 3 is 2.30 bits per heavy atom. The number of hydrogen-bond donors (Lipinski definition) is 2. The summed E-state index contributed by atoms with van der Waals surface area (Å²) in [5.74, 6) is 0.195. The second kappa shape index (κ2) is 15.0. The summed E-state index contributed by atoms with van der Waals surface area (Å²) in [5, 5.41) is 3.36. The average Bonchev–Trinajstić information content (AvgIpc) is 3.57. The Hall–Kier alpha value is -3.50. The van der Waals surface area contributed by atoms with Crippen molar-refractivity contribution in [1.82, 2.24) is 15.1 Å². The molecule has 3 aliphatic rings. The van der Waals surface area contributed by atoms with Crippen LogP contribution in [0.2, 0.25) is 0 Å². The van der Waals surface area contributed by atoms with E-state index in [1.165, 1.54) is 36.3 Å². The highest BCUT2D eigenvalue weighted by Crippen LogP contribution is 2.39. The molecule has 0 unspecified atom stereocenters. The number of piperazine rings is 1. The molecule has 3 N–H and O–H groups in total. The Labute approximate surface area is 259 Å². The number of anilines is 1. The highest BCUT2D eigenvalue weighted by Gasteiger charge is 2.29. The molecule has 0 aromatic heterocycles. The van der Waals surface area contributed by atoms with Crippen LogP contribution in [0.25, 0.3) is 0 Å². The number of carbonyl (C=O) groups excluding carboxylic acids is 3. The summed E-state index contributed by atoms with van der Waals surface area (Å²) in [5.41, 5.74) is 7.83. The van der Waals surface area contributed by atoms with Gasteiger partial charge in [-0.05, 0) is 93.1 Å². The Morgan fingerprint density at radius 1 is 0.932 bits per heavy atom. The summed E-state index contributed by atoms with van der Waals surface area (Å²) < 4.78 is 21.0. The third-order valence-electron chi connectivity index (χ3n) is 9.20. The van der Waals surface area contributed by atoms with Gasteiger partial charge in [-0.3, -0.25) is 14.4 Å². The monoisotopic (exact) mass is 607 g/mol. The molecule has 44 heavy (non-hydrogen) atoms. The SMILES string of the molecule is CN(C(=O)CCCCN)c1cc(F)cc(C(=O)N2CCN(C(=O)c3ccc(O[C@H]4CCNC4)c(C4CCCCC4)c3)CC2)c1. The highest BCUT2D eigenvalue weighted by molar-refractivity contribution is 5.98. The second-order valence-corrected chi connectivity index (χ2v) is 12.3. The van der Waals surface area contributed by atoms with Crippen LogP contribution in [0.15, 0.2) is 36.4 Å². The van der Waals surface area contributed by atoms with Gasteiger partial charge < -0.3 is 30.5 Å². The number of nitrogens with zero attached hydrogens (tertiary/aromatic N) is 3. The third-order valence-corrected chi connectivity index (χ3v) is 9.20. The zero-order valence-corrected chi connectivity index (χ0v) is 25.9. The predicted molar refractivity (Wildman–Crippen MR) is 169 cm³/mol. The quantitative estimate of drug-likeness (QED) is 0.390. The van der Waals surface area contributed by atoms with Crippen molar-refractivity contribution in [3.05, 3.63) is 58.9 Å². The molecule has 1 aliphatic carbocycles. The Kier molecular flexibility index (Phi) is 10.9.